The monoisotopic (exact) mass is 498 g/mol. The number of esters is 1. The molecule has 0 bridgehead atoms. The van der Waals surface area contributed by atoms with Crippen LogP contribution in [0.2, 0.25) is 0 Å². The van der Waals surface area contributed by atoms with Crippen molar-refractivity contribution in [3.05, 3.63) is 89.5 Å². The van der Waals surface area contributed by atoms with E-state index in [2.05, 4.69) is 10.3 Å². The van der Waals surface area contributed by atoms with Crippen LogP contribution >= 0.6 is 0 Å². The summed E-state index contributed by atoms with van der Waals surface area (Å²) < 4.78 is 5.11. The summed E-state index contributed by atoms with van der Waals surface area (Å²) in [6.45, 7) is 4.81. The smallest absolute Gasteiger partial charge is 0.338 e. The summed E-state index contributed by atoms with van der Waals surface area (Å²) in [6.07, 6.45) is 0. The molecule has 0 unspecified atom stereocenters. The number of carbonyl (C=O) groups excluding carboxylic acids is 2. The maximum Gasteiger partial charge on any atom is 0.338 e. The minimum absolute atomic E-state index is 0.0395. The first-order valence-electron chi connectivity index (χ1n) is 12.1. The first kappa shape index (κ1) is 25.7. The molecule has 1 amide bonds. The zero-order valence-corrected chi connectivity index (χ0v) is 21.1. The molecule has 0 aliphatic heterocycles. The quantitative estimate of drug-likeness (QED) is 0.227. The lowest BCUT2D eigenvalue weighted by Crippen LogP contribution is -2.34. The number of rotatable bonds is 9. The van der Waals surface area contributed by atoms with Crippen LogP contribution < -0.4 is 10.2 Å². The van der Waals surface area contributed by atoms with E-state index in [0.717, 1.165) is 16.6 Å². The summed E-state index contributed by atoms with van der Waals surface area (Å²) in [5.41, 5.74) is 4.35. The summed E-state index contributed by atoms with van der Waals surface area (Å²) in [4.78, 5) is 33.9. The van der Waals surface area contributed by atoms with Crippen molar-refractivity contribution in [2.75, 3.05) is 31.6 Å². The van der Waals surface area contributed by atoms with Crippen molar-refractivity contribution >= 4 is 39.9 Å². The van der Waals surface area contributed by atoms with Gasteiger partial charge in [0.15, 0.2) is 5.88 Å². The van der Waals surface area contributed by atoms with E-state index >= 15 is 0 Å². The number of H-pyrrole nitrogens is 1. The molecule has 8 nitrogen and oxygen atoms in total. The predicted octanol–water partition coefficient (Wildman–Crippen LogP) is 4.79. The third-order valence-electron chi connectivity index (χ3n) is 5.94. The Hall–Kier alpha value is -4.43. The Morgan fingerprint density at radius 2 is 1.76 bits per heavy atom. The number of amides is 1. The van der Waals surface area contributed by atoms with Crippen LogP contribution in [0.1, 0.15) is 35.3 Å². The van der Waals surface area contributed by atoms with Crippen molar-refractivity contribution in [1.82, 2.24) is 10.3 Å². The number of anilines is 1. The summed E-state index contributed by atoms with van der Waals surface area (Å²) in [5.74, 6) is -0.515. The lowest BCUT2D eigenvalue weighted by Gasteiger charge is -2.21. The van der Waals surface area contributed by atoms with Crippen molar-refractivity contribution < 1.29 is 19.4 Å². The van der Waals surface area contributed by atoms with E-state index in [1.807, 2.05) is 61.6 Å². The molecule has 1 aromatic heterocycles. The molecule has 0 saturated heterocycles. The first-order chi connectivity index (χ1) is 17.9. The van der Waals surface area contributed by atoms with Gasteiger partial charge < -0.3 is 25.0 Å². The van der Waals surface area contributed by atoms with Gasteiger partial charge in [-0.2, -0.15) is 0 Å². The zero-order valence-electron chi connectivity index (χ0n) is 21.1. The second kappa shape index (κ2) is 11.5. The molecule has 0 saturated carbocycles. The van der Waals surface area contributed by atoms with Crippen LogP contribution in [-0.2, 0) is 9.53 Å². The largest absolute Gasteiger partial charge is 0.494 e. The molecule has 3 aromatic carbocycles. The van der Waals surface area contributed by atoms with Crippen LogP contribution in [0.15, 0.2) is 77.8 Å². The molecule has 0 atom stereocenters. The minimum Gasteiger partial charge on any atom is -0.494 e. The van der Waals surface area contributed by atoms with Crippen molar-refractivity contribution in [2.24, 2.45) is 4.99 Å². The number of likely N-dealkylation sites (N-methyl/N-ethyl adjacent to an activating group) is 1. The van der Waals surface area contributed by atoms with E-state index in [0.29, 0.717) is 41.1 Å². The SMILES string of the molecule is CCOC(=O)c1ccc2c(C(=Nc3ccc(N(CCNC)C(C)=O)cc3)c3ccccc3)c(O)[nH]c2c1. The topological polar surface area (TPSA) is 107 Å². The molecule has 0 fully saturated rings. The van der Waals surface area contributed by atoms with Crippen LogP contribution in [0, 0.1) is 0 Å². The van der Waals surface area contributed by atoms with Gasteiger partial charge in [0.25, 0.3) is 0 Å². The number of aliphatic imine (C=N–C) groups is 1. The third kappa shape index (κ3) is 5.70. The molecule has 0 aliphatic carbocycles. The van der Waals surface area contributed by atoms with E-state index in [4.69, 9.17) is 9.73 Å². The van der Waals surface area contributed by atoms with Gasteiger partial charge in [0.05, 0.1) is 29.1 Å². The van der Waals surface area contributed by atoms with E-state index in [1.165, 1.54) is 0 Å². The normalized spacial score (nSPS) is 11.5. The number of benzene rings is 3. The molecular formula is C29H30N4O4. The number of hydrogen-bond donors (Lipinski definition) is 3. The molecule has 0 aliphatic rings. The Bertz CT molecular complexity index is 1430. The Morgan fingerprint density at radius 3 is 2.41 bits per heavy atom. The molecule has 190 valence electrons. The van der Waals surface area contributed by atoms with Gasteiger partial charge in [-0.25, -0.2) is 9.79 Å². The molecular weight excluding hydrogens is 468 g/mol. The summed E-state index contributed by atoms with van der Waals surface area (Å²) in [7, 11) is 1.85. The van der Waals surface area contributed by atoms with Gasteiger partial charge in [-0.15, -0.1) is 0 Å². The van der Waals surface area contributed by atoms with Crippen molar-refractivity contribution in [3.63, 3.8) is 0 Å². The number of ether oxygens (including phenoxy) is 1. The second-order valence-electron chi connectivity index (χ2n) is 8.45. The molecule has 0 spiro atoms. The van der Waals surface area contributed by atoms with Gasteiger partial charge in [0.2, 0.25) is 5.91 Å². The van der Waals surface area contributed by atoms with Gasteiger partial charge in [0, 0.05) is 42.2 Å². The third-order valence-corrected chi connectivity index (χ3v) is 5.94. The van der Waals surface area contributed by atoms with Gasteiger partial charge in [0.1, 0.15) is 0 Å². The van der Waals surface area contributed by atoms with E-state index in [-0.39, 0.29) is 18.4 Å². The lowest BCUT2D eigenvalue weighted by molar-refractivity contribution is -0.116. The van der Waals surface area contributed by atoms with Crippen LogP contribution in [0.3, 0.4) is 0 Å². The Balaban J connectivity index is 1.78. The van der Waals surface area contributed by atoms with Crippen LogP contribution in [0.4, 0.5) is 11.4 Å². The number of nitrogens with zero attached hydrogens (tertiary/aromatic N) is 2. The minimum atomic E-state index is -0.425. The molecule has 3 N–H and O–H groups in total. The number of carbonyl (C=O) groups is 2. The van der Waals surface area contributed by atoms with Gasteiger partial charge in [-0.05, 0) is 50.4 Å². The highest BCUT2D eigenvalue weighted by Gasteiger charge is 2.20. The molecule has 0 radical (unpaired) electrons. The Kier molecular flexibility index (Phi) is 8.00. The predicted molar refractivity (Wildman–Crippen MR) is 146 cm³/mol. The molecule has 4 aromatic rings. The number of aromatic amines is 1. The van der Waals surface area contributed by atoms with Crippen LogP contribution in [-0.4, -0.2) is 54.4 Å². The lowest BCUT2D eigenvalue weighted by atomic mass is 10.00. The second-order valence-corrected chi connectivity index (χ2v) is 8.45. The van der Waals surface area contributed by atoms with Gasteiger partial charge in [-0.1, -0.05) is 36.4 Å². The van der Waals surface area contributed by atoms with E-state index in [1.54, 1.807) is 36.9 Å². The zero-order chi connectivity index (χ0) is 26.4. The fourth-order valence-electron chi connectivity index (χ4n) is 4.15. The number of aromatic nitrogens is 1. The molecule has 37 heavy (non-hydrogen) atoms. The van der Waals surface area contributed by atoms with Crippen molar-refractivity contribution in [2.45, 2.75) is 13.8 Å². The summed E-state index contributed by atoms with van der Waals surface area (Å²) in [5, 5.41) is 14.7. The molecule has 8 heteroatoms. The highest BCUT2D eigenvalue weighted by atomic mass is 16.5. The number of nitrogens with one attached hydrogen (secondary N) is 2. The first-order valence-corrected chi connectivity index (χ1v) is 12.1. The standard InChI is InChI=1S/C29H30N4O4/c1-4-37-29(36)21-10-15-24-25(18-21)32-28(35)26(24)27(20-8-6-5-7-9-20)31-22-11-13-23(14-12-22)33(19(2)34)17-16-30-3/h5-15,18,30,32,35H,4,16-17H2,1-3H3. The highest BCUT2D eigenvalue weighted by Crippen LogP contribution is 2.32. The number of aromatic hydroxyl groups is 1. The van der Waals surface area contributed by atoms with E-state index in [9.17, 15) is 14.7 Å². The van der Waals surface area contributed by atoms with E-state index < -0.39 is 5.97 Å². The fourth-order valence-corrected chi connectivity index (χ4v) is 4.15. The van der Waals surface area contributed by atoms with Gasteiger partial charge in [-0.3, -0.25) is 4.79 Å². The fraction of sp³-hybridized carbons (Fsp3) is 0.207. The average Bonchev–Trinajstić information content (AvgIpc) is 3.23. The molecule has 4 rings (SSSR count). The maximum absolute atomic E-state index is 12.2. The average molecular weight is 499 g/mol. The molecule has 1 heterocycles. The Morgan fingerprint density at radius 1 is 1.03 bits per heavy atom. The highest BCUT2D eigenvalue weighted by molar-refractivity contribution is 6.22. The van der Waals surface area contributed by atoms with Crippen LogP contribution in [0.25, 0.3) is 10.9 Å². The van der Waals surface area contributed by atoms with Crippen molar-refractivity contribution in [3.8, 4) is 5.88 Å². The Labute approximate surface area is 215 Å². The number of hydrogen-bond acceptors (Lipinski definition) is 6. The summed E-state index contributed by atoms with van der Waals surface area (Å²) >= 11 is 0. The maximum atomic E-state index is 12.2. The van der Waals surface area contributed by atoms with Gasteiger partial charge >= 0.3 is 5.97 Å². The van der Waals surface area contributed by atoms with Crippen LogP contribution in [0.5, 0.6) is 5.88 Å². The summed E-state index contributed by atoms with van der Waals surface area (Å²) in [6, 6.07) is 22.1. The van der Waals surface area contributed by atoms with Crippen molar-refractivity contribution in [1.29, 1.82) is 0 Å². The number of fused-ring (bicyclic) bond motifs is 1.